The second-order valence-electron chi connectivity index (χ2n) is 10.5. The van der Waals surface area contributed by atoms with Gasteiger partial charge in [-0.15, -0.1) is 0 Å². The molecule has 0 aromatic heterocycles. The van der Waals surface area contributed by atoms with Gasteiger partial charge in [-0.3, -0.25) is 4.79 Å². The van der Waals surface area contributed by atoms with Gasteiger partial charge in [-0.2, -0.15) is 0 Å². The molecule has 1 fully saturated rings. The van der Waals surface area contributed by atoms with Gasteiger partial charge in [-0.25, -0.2) is 9.69 Å². The SMILES string of the molecule is COc1cc2c(c(OC)c1OCc1ccccc1)N(C(=O)OCC[Si](C)(C)C)[C@@H](O)[C@@H]1CCCN1C2=O. The molecule has 0 spiro atoms. The minimum atomic E-state index is -1.47. The summed E-state index contributed by atoms with van der Waals surface area (Å²) in [6.07, 6.45) is -0.744. The van der Waals surface area contributed by atoms with E-state index in [2.05, 4.69) is 19.6 Å². The first-order valence-corrected chi connectivity index (χ1v) is 16.3. The molecule has 10 heteroatoms. The van der Waals surface area contributed by atoms with E-state index in [4.69, 9.17) is 18.9 Å². The average molecular weight is 529 g/mol. The number of rotatable bonds is 8. The highest BCUT2D eigenvalue weighted by molar-refractivity contribution is 6.76. The molecule has 0 saturated carbocycles. The lowest BCUT2D eigenvalue weighted by molar-refractivity contribution is 0.0492. The van der Waals surface area contributed by atoms with E-state index in [9.17, 15) is 14.7 Å². The molecule has 4 rings (SSSR count). The molecule has 2 aromatic carbocycles. The van der Waals surface area contributed by atoms with E-state index in [-0.39, 0.29) is 41.9 Å². The number of fused-ring (bicyclic) bond motifs is 2. The fourth-order valence-electron chi connectivity index (χ4n) is 4.74. The minimum absolute atomic E-state index is 0.122. The van der Waals surface area contributed by atoms with E-state index in [1.165, 1.54) is 14.2 Å². The number of carbonyl (C=O) groups excluding carboxylic acids is 2. The first kappa shape index (κ1) is 26.8. The third kappa shape index (κ3) is 5.54. The number of methoxy groups -OCH3 is 2. The first-order valence-electron chi connectivity index (χ1n) is 12.6. The van der Waals surface area contributed by atoms with Gasteiger partial charge >= 0.3 is 6.09 Å². The molecule has 2 amide bonds. The number of hydrogen-bond acceptors (Lipinski definition) is 7. The van der Waals surface area contributed by atoms with Crippen molar-refractivity contribution >= 4 is 25.8 Å². The Morgan fingerprint density at radius 3 is 2.49 bits per heavy atom. The van der Waals surface area contributed by atoms with Crippen LogP contribution < -0.4 is 19.1 Å². The number of hydrogen-bond donors (Lipinski definition) is 1. The van der Waals surface area contributed by atoms with Crippen LogP contribution in [0.15, 0.2) is 36.4 Å². The van der Waals surface area contributed by atoms with Gasteiger partial charge in [0.15, 0.2) is 17.7 Å². The van der Waals surface area contributed by atoms with Crippen LogP contribution in [0.4, 0.5) is 10.5 Å². The van der Waals surface area contributed by atoms with Crippen molar-refractivity contribution in [3.05, 3.63) is 47.5 Å². The zero-order valence-corrected chi connectivity index (χ0v) is 23.2. The number of aliphatic hydroxyl groups excluding tert-OH is 1. The quantitative estimate of drug-likeness (QED) is 0.504. The molecule has 2 aromatic rings. The maximum absolute atomic E-state index is 13.7. The Morgan fingerprint density at radius 1 is 1.11 bits per heavy atom. The summed E-state index contributed by atoms with van der Waals surface area (Å²) in [5.41, 5.74) is 1.23. The second-order valence-corrected chi connectivity index (χ2v) is 16.1. The fourth-order valence-corrected chi connectivity index (χ4v) is 5.46. The van der Waals surface area contributed by atoms with Crippen molar-refractivity contribution in [3.8, 4) is 17.2 Å². The molecule has 0 radical (unpaired) electrons. The molecule has 2 aliphatic rings. The third-order valence-electron chi connectivity index (χ3n) is 6.74. The predicted molar refractivity (Wildman–Crippen MR) is 142 cm³/mol. The Morgan fingerprint density at radius 2 is 1.84 bits per heavy atom. The van der Waals surface area contributed by atoms with Crippen LogP contribution in [0.2, 0.25) is 25.7 Å². The van der Waals surface area contributed by atoms with Gasteiger partial charge in [0.2, 0.25) is 5.75 Å². The summed E-state index contributed by atoms with van der Waals surface area (Å²) in [5.74, 6) is 0.342. The van der Waals surface area contributed by atoms with Gasteiger partial charge in [0.1, 0.15) is 12.3 Å². The van der Waals surface area contributed by atoms with Crippen LogP contribution >= 0.6 is 0 Å². The zero-order valence-electron chi connectivity index (χ0n) is 22.2. The van der Waals surface area contributed by atoms with Crippen molar-refractivity contribution in [1.82, 2.24) is 4.90 Å². The first-order chi connectivity index (χ1) is 17.7. The van der Waals surface area contributed by atoms with E-state index in [0.717, 1.165) is 22.9 Å². The van der Waals surface area contributed by atoms with Gasteiger partial charge < -0.3 is 29.0 Å². The summed E-state index contributed by atoms with van der Waals surface area (Å²) in [6.45, 7) is 7.49. The zero-order chi connectivity index (χ0) is 26.7. The molecule has 9 nitrogen and oxygen atoms in total. The van der Waals surface area contributed by atoms with Crippen molar-refractivity contribution in [3.63, 3.8) is 0 Å². The predicted octanol–water partition coefficient (Wildman–Crippen LogP) is 4.50. The number of anilines is 1. The number of nitrogens with zero attached hydrogens (tertiary/aromatic N) is 2. The van der Waals surface area contributed by atoms with Crippen LogP contribution in [0.1, 0.15) is 28.8 Å². The van der Waals surface area contributed by atoms with E-state index in [1.54, 1.807) is 11.0 Å². The molecule has 1 saturated heterocycles. The smallest absolute Gasteiger partial charge is 0.416 e. The highest BCUT2D eigenvalue weighted by Crippen LogP contribution is 2.50. The second kappa shape index (κ2) is 11.0. The number of aliphatic hydroxyl groups is 1. The maximum Gasteiger partial charge on any atom is 0.416 e. The number of amides is 2. The molecule has 0 bridgehead atoms. The fraction of sp³-hybridized carbons (Fsp3) is 0.481. The lowest BCUT2D eigenvalue weighted by Crippen LogP contribution is -2.51. The van der Waals surface area contributed by atoms with Crippen molar-refractivity contribution in [1.29, 1.82) is 0 Å². The van der Waals surface area contributed by atoms with E-state index in [1.807, 2.05) is 30.3 Å². The molecule has 0 unspecified atom stereocenters. The van der Waals surface area contributed by atoms with E-state index in [0.29, 0.717) is 18.7 Å². The average Bonchev–Trinajstić information content (AvgIpc) is 3.34. The molecule has 2 heterocycles. The summed E-state index contributed by atoms with van der Waals surface area (Å²) in [4.78, 5) is 30.0. The molecule has 2 aliphatic heterocycles. The summed E-state index contributed by atoms with van der Waals surface area (Å²) < 4.78 is 23.1. The monoisotopic (exact) mass is 528 g/mol. The Hall–Kier alpha value is -3.24. The Labute approximate surface area is 218 Å². The lowest BCUT2D eigenvalue weighted by atomic mass is 10.1. The maximum atomic E-state index is 13.7. The molecule has 37 heavy (non-hydrogen) atoms. The summed E-state index contributed by atoms with van der Waals surface area (Å²) in [6, 6.07) is 11.3. The summed E-state index contributed by atoms with van der Waals surface area (Å²) >= 11 is 0. The summed E-state index contributed by atoms with van der Waals surface area (Å²) in [7, 11) is 1.44. The Bertz CT molecular complexity index is 1140. The van der Waals surface area contributed by atoms with Crippen LogP contribution in [-0.4, -0.2) is 69.7 Å². The highest BCUT2D eigenvalue weighted by Gasteiger charge is 2.47. The Kier molecular flexibility index (Phi) is 7.98. The van der Waals surface area contributed by atoms with Crippen LogP contribution in [0.25, 0.3) is 0 Å². The number of benzene rings is 2. The van der Waals surface area contributed by atoms with Crippen LogP contribution in [-0.2, 0) is 11.3 Å². The normalized spacial score (nSPS) is 19.1. The standard InChI is InChI=1S/C27H36N2O7Si/c1-33-21-16-19-22(24(34-2)23(21)36-17-18-10-7-6-8-11-18)29(27(32)35-14-15-37(3,4)5)26(31)20-12-9-13-28(20)25(19)30/h6-8,10-11,16,20,26,31H,9,12-15,17H2,1-5H3/t20-,26-/m0/s1. The molecular weight excluding hydrogens is 492 g/mol. The number of carbonyl (C=O) groups is 2. The van der Waals surface area contributed by atoms with Crippen molar-refractivity contribution in [2.24, 2.45) is 0 Å². The van der Waals surface area contributed by atoms with Crippen LogP contribution in [0, 0.1) is 0 Å². The largest absolute Gasteiger partial charge is 0.493 e. The van der Waals surface area contributed by atoms with Gasteiger partial charge in [0.25, 0.3) is 5.91 Å². The molecule has 1 N–H and O–H groups in total. The van der Waals surface area contributed by atoms with Crippen molar-refractivity contribution in [2.45, 2.75) is 57.4 Å². The number of ether oxygens (including phenoxy) is 4. The van der Waals surface area contributed by atoms with Gasteiger partial charge in [0.05, 0.1) is 32.4 Å². The van der Waals surface area contributed by atoms with Crippen LogP contribution in [0.3, 0.4) is 0 Å². The molecular formula is C27H36N2O7Si. The van der Waals surface area contributed by atoms with Gasteiger partial charge in [-0.1, -0.05) is 50.0 Å². The summed E-state index contributed by atoms with van der Waals surface area (Å²) in [5, 5.41) is 11.5. The molecule has 0 aliphatic carbocycles. The third-order valence-corrected chi connectivity index (χ3v) is 8.44. The van der Waals surface area contributed by atoms with Crippen molar-refractivity contribution in [2.75, 3.05) is 32.3 Å². The van der Waals surface area contributed by atoms with Gasteiger partial charge in [0, 0.05) is 14.6 Å². The Balaban J connectivity index is 1.81. The van der Waals surface area contributed by atoms with Gasteiger partial charge in [-0.05, 0) is 30.5 Å². The van der Waals surface area contributed by atoms with E-state index < -0.39 is 26.4 Å². The molecule has 2 atom stereocenters. The van der Waals surface area contributed by atoms with Crippen molar-refractivity contribution < 1.29 is 33.6 Å². The highest BCUT2D eigenvalue weighted by atomic mass is 28.3. The lowest BCUT2D eigenvalue weighted by Gasteiger charge is -2.32. The van der Waals surface area contributed by atoms with E-state index >= 15 is 0 Å². The topological polar surface area (TPSA) is 97.8 Å². The minimum Gasteiger partial charge on any atom is -0.493 e. The van der Waals surface area contributed by atoms with Crippen LogP contribution in [0.5, 0.6) is 17.2 Å². The molecule has 200 valence electrons.